The molecule has 2 aromatic rings. The maximum atomic E-state index is 13.6. The molecule has 4 rings (SSSR count). The Balaban J connectivity index is 1.62. The number of benzene rings is 1. The van der Waals surface area contributed by atoms with E-state index in [1.807, 2.05) is 51.1 Å². The third-order valence-corrected chi connectivity index (χ3v) is 6.84. The van der Waals surface area contributed by atoms with Crippen LogP contribution in [0.5, 0.6) is 0 Å². The van der Waals surface area contributed by atoms with Crippen molar-refractivity contribution in [1.82, 2.24) is 14.8 Å². The number of methoxy groups -OCH3 is 1. The molecule has 1 aromatic carbocycles. The number of ketones is 1. The van der Waals surface area contributed by atoms with Gasteiger partial charge in [0.25, 0.3) is 5.91 Å². The fraction of sp³-hybridized carbons (Fsp3) is 0.480. The molecule has 0 unspecified atom stereocenters. The molecule has 7 nitrogen and oxygen atoms in total. The zero-order chi connectivity index (χ0) is 23.0. The van der Waals surface area contributed by atoms with Crippen LogP contribution in [0.25, 0.3) is 0 Å². The van der Waals surface area contributed by atoms with E-state index in [0.717, 1.165) is 46.7 Å². The Morgan fingerprint density at radius 2 is 1.97 bits per heavy atom. The number of hydrogen-bond donors (Lipinski definition) is 1. The maximum Gasteiger partial charge on any atom is 0.325 e. The molecule has 1 aliphatic heterocycles. The second kappa shape index (κ2) is 8.54. The summed E-state index contributed by atoms with van der Waals surface area (Å²) in [4.78, 5) is 40.8. The molecular weight excluding hydrogens is 406 g/mol. The van der Waals surface area contributed by atoms with Gasteiger partial charge >= 0.3 is 6.03 Å². The van der Waals surface area contributed by atoms with E-state index in [-0.39, 0.29) is 24.3 Å². The van der Waals surface area contributed by atoms with Crippen molar-refractivity contribution >= 4 is 17.7 Å². The third kappa shape index (κ3) is 3.54. The van der Waals surface area contributed by atoms with E-state index < -0.39 is 11.6 Å². The standard InChI is InChI=1S/C25H31N3O4/c1-16-13-20(18(3)28(16)17(2)15-32-4)22(29)14-27-23(30)25(26-24(27)31)12-8-7-10-19-9-5-6-11-21(19)25/h5-6,9,11,13,17H,7-8,10,12,14-15H2,1-4H3,(H,26,31)/t17-,25+/m0/s1. The Labute approximate surface area is 188 Å². The number of rotatable bonds is 6. The number of aromatic nitrogens is 1. The van der Waals surface area contributed by atoms with E-state index in [1.165, 1.54) is 0 Å². The van der Waals surface area contributed by atoms with Gasteiger partial charge in [-0.05, 0) is 63.6 Å². The number of amides is 3. The average Bonchev–Trinajstić information content (AvgIpc) is 3.10. The monoisotopic (exact) mass is 437 g/mol. The van der Waals surface area contributed by atoms with Crippen molar-refractivity contribution in [2.24, 2.45) is 0 Å². The quantitative estimate of drug-likeness (QED) is 0.552. The first kappa shape index (κ1) is 22.3. The summed E-state index contributed by atoms with van der Waals surface area (Å²) < 4.78 is 7.33. The molecule has 0 bridgehead atoms. The maximum absolute atomic E-state index is 13.6. The van der Waals surface area contributed by atoms with E-state index in [1.54, 1.807) is 7.11 Å². The molecule has 1 fully saturated rings. The lowest BCUT2D eigenvalue weighted by Gasteiger charge is -2.27. The van der Waals surface area contributed by atoms with Crippen LogP contribution < -0.4 is 5.32 Å². The predicted octanol–water partition coefficient (Wildman–Crippen LogP) is 3.67. The number of Topliss-reactive ketones (excluding diaryl/α,β-unsaturated/α-hetero) is 1. The first-order valence-electron chi connectivity index (χ1n) is 11.2. The Morgan fingerprint density at radius 1 is 1.22 bits per heavy atom. The van der Waals surface area contributed by atoms with E-state index in [0.29, 0.717) is 18.6 Å². The number of nitrogens with zero attached hydrogens (tertiary/aromatic N) is 2. The van der Waals surface area contributed by atoms with Crippen LogP contribution in [0, 0.1) is 13.8 Å². The first-order chi connectivity index (χ1) is 15.3. The Hall–Kier alpha value is -2.93. The topological polar surface area (TPSA) is 80.6 Å². The number of carbonyl (C=O) groups excluding carboxylic acids is 3. The van der Waals surface area contributed by atoms with Crippen LogP contribution in [0.15, 0.2) is 30.3 Å². The van der Waals surface area contributed by atoms with Crippen molar-refractivity contribution in [3.8, 4) is 0 Å². The molecule has 2 aliphatic rings. The molecule has 2 atom stereocenters. The van der Waals surface area contributed by atoms with Crippen molar-refractivity contribution in [2.75, 3.05) is 20.3 Å². The summed E-state index contributed by atoms with van der Waals surface area (Å²) >= 11 is 0. The van der Waals surface area contributed by atoms with Gasteiger partial charge in [-0.1, -0.05) is 24.3 Å². The van der Waals surface area contributed by atoms with Gasteiger partial charge in [0, 0.05) is 24.1 Å². The minimum atomic E-state index is -1.08. The van der Waals surface area contributed by atoms with Crippen LogP contribution in [0.4, 0.5) is 4.79 Å². The largest absolute Gasteiger partial charge is 0.383 e. The second-order valence-corrected chi connectivity index (χ2v) is 8.97. The summed E-state index contributed by atoms with van der Waals surface area (Å²) in [6, 6.07) is 9.21. The van der Waals surface area contributed by atoms with Crippen LogP contribution >= 0.6 is 0 Å². The van der Waals surface area contributed by atoms with Crippen molar-refractivity contribution in [2.45, 2.75) is 58.0 Å². The van der Waals surface area contributed by atoms with Gasteiger partial charge in [0.15, 0.2) is 5.78 Å². The van der Waals surface area contributed by atoms with Gasteiger partial charge in [0.1, 0.15) is 5.54 Å². The molecule has 0 saturated carbocycles. The first-order valence-corrected chi connectivity index (χ1v) is 11.2. The van der Waals surface area contributed by atoms with Gasteiger partial charge in [-0.25, -0.2) is 4.79 Å². The number of nitrogens with one attached hydrogen (secondary N) is 1. The average molecular weight is 438 g/mol. The lowest BCUT2D eigenvalue weighted by atomic mass is 9.84. The summed E-state index contributed by atoms with van der Waals surface area (Å²) in [6.07, 6.45) is 3.22. The fourth-order valence-electron chi connectivity index (χ4n) is 5.40. The molecule has 2 heterocycles. The number of aryl methyl sites for hydroxylation is 2. The number of carbonyl (C=O) groups is 3. The van der Waals surface area contributed by atoms with Gasteiger partial charge in [-0.15, -0.1) is 0 Å². The summed E-state index contributed by atoms with van der Waals surface area (Å²) in [5, 5.41) is 2.95. The summed E-state index contributed by atoms with van der Waals surface area (Å²) in [7, 11) is 1.65. The summed E-state index contributed by atoms with van der Waals surface area (Å²) in [5.74, 6) is -0.566. The van der Waals surface area contributed by atoms with E-state index in [9.17, 15) is 14.4 Å². The molecule has 32 heavy (non-hydrogen) atoms. The Morgan fingerprint density at radius 3 is 2.72 bits per heavy atom. The molecule has 7 heteroatoms. The lowest BCUT2D eigenvalue weighted by Crippen LogP contribution is -2.44. The molecular formula is C25H31N3O4. The molecule has 1 aromatic heterocycles. The zero-order valence-electron chi connectivity index (χ0n) is 19.2. The molecule has 1 saturated heterocycles. The molecule has 1 N–H and O–H groups in total. The van der Waals surface area contributed by atoms with Crippen LogP contribution in [0.1, 0.15) is 65.1 Å². The second-order valence-electron chi connectivity index (χ2n) is 8.97. The predicted molar refractivity (Wildman–Crippen MR) is 121 cm³/mol. The summed E-state index contributed by atoms with van der Waals surface area (Å²) in [6.45, 7) is 6.13. The minimum Gasteiger partial charge on any atom is -0.383 e. The van der Waals surface area contributed by atoms with E-state index in [4.69, 9.17) is 4.74 Å². The highest BCUT2D eigenvalue weighted by Crippen LogP contribution is 2.39. The number of hydrogen-bond acceptors (Lipinski definition) is 4. The summed E-state index contributed by atoms with van der Waals surface area (Å²) in [5.41, 5.74) is 3.17. The van der Waals surface area contributed by atoms with E-state index >= 15 is 0 Å². The molecule has 170 valence electrons. The van der Waals surface area contributed by atoms with Crippen LogP contribution in [0.2, 0.25) is 0 Å². The van der Waals surface area contributed by atoms with Gasteiger partial charge in [0.2, 0.25) is 0 Å². The number of fused-ring (bicyclic) bond motifs is 2. The SMILES string of the molecule is COC[C@H](C)n1c(C)cc(C(=O)CN2C(=O)N[C@@]3(CCCCc4ccccc43)C2=O)c1C. The van der Waals surface area contributed by atoms with E-state index in [2.05, 4.69) is 9.88 Å². The molecule has 1 spiro atoms. The molecule has 0 radical (unpaired) electrons. The van der Waals surface area contributed by atoms with Crippen molar-refractivity contribution < 1.29 is 19.1 Å². The van der Waals surface area contributed by atoms with Crippen LogP contribution in [-0.2, 0) is 21.5 Å². The van der Waals surface area contributed by atoms with Crippen molar-refractivity contribution in [1.29, 1.82) is 0 Å². The highest BCUT2D eigenvalue weighted by molar-refractivity contribution is 6.11. The highest BCUT2D eigenvalue weighted by Gasteiger charge is 2.53. The normalized spacial score (nSPS) is 21.4. The van der Waals surface area contributed by atoms with Crippen LogP contribution in [0.3, 0.4) is 0 Å². The Kier molecular flexibility index (Phi) is 5.95. The molecule has 1 aliphatic carbocycles. The third-order valence-electron chi connectivity index (χ3n) is 6.84. The van der Waals surface area contributed by atoms with Gasteiger partial charge in [0.05, 0.1) is 19.2 Å². The molecule has 3 amide bonds. The Bertz CT molecular complexity index is 1070. The van der Waals surface area contributed by atoms with Crippen molar-refractivity contribution in [3.63, 3.8) is 0 Å². The van der Waals surface area contributed by atoms with Crippen molar-refractivity contribution in [3.05, 3.63) is 58.4 Å². The van der Waals surface area contributed by atoms with Gasteiger partial charge in [-0.3, -0.25) is 14.5 Å². The minimum absolute atomic E-state index is 0.0732. The number of ether oxygens (including phenoxy) is 1. The lowest BCUT2D eigenvalue weighted by molar-refractivity contribution is -0.131. The van der Waals surface area contributed by atoms with Gasteiger partial charge in [-0.2, -0.15) is 0 Å². The van der Waals surface area contributed by atoms with Crippen LogP contribution in [-0.4, -0.2) is 47.4 Å². The van der Waals surface area contributed by atoms with Gasteiger partial charge < -0.3 is 14.6 Å². The number of imide groups is 1. The fourth-order valence-corrected chi connectivity index (χ4v) is 5.40. The smallest absolute Gasteiger partial charge is 0.325 e. The zero-order valence-corrected chi connectivity index (χ0v) is 19.2. The number of urea groups is 1. The highest BCUT2D eigenvalue weighted by atomic mass is 16.5.